The van der Waals surface area contributed by atoms with Crippen LogP contribution in [-0.2, 0) is 8.54 Å². The Morgan fingerprint density at radius 1 is 1.62 bits per heavy atom. The van der Waals surface area contributed by atoms with Crippen molar-refractivity contribution in [3.8, 4) is 0 Å². The van der Waals surface area contributed by atoms with Crippen LogP contribution in [-0.4, -0.2) is 9.79 Å². The van der Waals surface area contributed by atoms with Crippen LogP contribution in [0.4, 0.5) is 0 Å². The fourth-order valence-corrected chi connectivity index (χ4v) is 2.91. The minimum atomic E-state index is -4.40. The summed E-state index contributed by atoms with van der Waals surface area (Å²) in [4.78, 5) is 18.2. The maximum atomic E-state index is 10.6. The zero-order valence-corrected chi connectivity index (χ0v) is 11.2. The number of hydrogen-bond donors (Lipinski definition) is 2. The quantitative estimate of drug-likeness (QED) is 0.463. The second-order valence-electron chi connectivity index (χ2n) is 4.14. The minimum absolute atomic E-state index is 0.395. The molecule has 0 radical (unpaired) electrons. The number of rotatable bonds is 4. The van der Waals surface area contributed by atoms with Crippen LogP contribution < -0.4 is 0 Å². The van der Waals surface area contributed by atoms with E-state index in [4.69, 9.17) is 9.79 Å². The molecule has 0 aromatic rings. The van der Waals surface area contributed by atoms with E-state index in [1.54, 1.807) is 0 Å². The summed E-state index contributed by atoms with van der Waals surface area (Å²) < 4.78 is 15.1. The Morgan fingerprint density at radius 3 is 2.75 bits per heavy atom. The molecule has 0 aliphatic heterocycles. The summed E-state index contributed by atoms with van der Waals surface area (Å²) in [6.07, 6.45) is 2.76. The van der Waals surface area contributed by atoms with E-state index in [0.717, 1.165) is 47.4 Å². The first-order valence-electron chi connectivity index (χ1n) is 5.05. The zero-order valence-electron chi connectivity index (χ0n) is 9.47. The molecule has 0 fully saturated rings. The molecule has 1 atom stereocenters. The van der Waals surface area contributed by atoms with Crippen LogP contribution in [0.15, 0.2) is 22.6 Å². The molecule has 1 aliphatic carbocycles. The SMILES string of the molecule is C=C(C)[C@@H]1CCC(C)=C(SOP(=O)(O)O)C1. The van der Waals surface area contributed by atoms with Crippen LogP contribution in [0, 0.1) is 5.92 Å². The van der Waals surface area contributed by atoms with Crippen molar-refractivity contribution in [1.82, 2.24) is 0 Å². The Hall–Kier alpha value is -0.0600. The van der Waals surface area contributed by atoms with E-state index in [-0.39, 0.29) is 0 Å². The van der Waals surface area contributed by atoms with Gasteiger partial charge in [0.15, 0.2) is 0 Å². The van der Waals surface area contributed by atoms with E-state index in [2.05, 4.69) is 10.5 Å². The second kappa shape index (κ2) is 5.52. The normalized spacial score (nSPS) is 22.4. The topological polar surface area (TPSA) is 66.8 Å². The van der Waals surface area contributed by atoms with Crippen molar-refractivity contribution in [2.75, 3.05) is 0 Å². The molecule has 0 saturated heterocycles. The molecule has 0 spiro atoms. The molecule has 1 rings (SSSR count). The van der Waals surface area contributed by atoms with Gasteiger partial charge in [0.2, 0.25) is 0 Å². The number of hydrogen-bond acceptors (Lipinski definition) is 3. The van der Waals surface area contributed by atoms with Crippen LogP contribution in [0.25, 0.3) is 0 Å². The molecule has 0 unspecified atom stereocenters. The van der Waals surface area contributed by atoms with E-state index in [0.29, 0.717) is 5.92 Å². The lowest BCUT2D eigenvalue weighted by Gasteiger charge is -2.25. The third kappa shape index (κ3) is 4.44. The van der Waals surface area contributed by atoms with Crippen molar-refractivity contribution in [3.05, 3.63) is 22.6 Å². The fraction of sp³-hybridized carbons (Fsp3) is 0.600. The highest BCUT2D eigenvalue weighted by Crippen LogP contribution is 2.47. The zero-order chi connectivity index (χ0) is 12.3. The highest BCUT2D eigenvalue weighted by molar-refractivity contribution is 8.01. The van der Waals surface area contributed by atoms with Crippen molar-refractivity contribution in [3.63, 3.8) is 0 Å². The van der Waals surface area contributed by atoms with Crippen molar-refractivity contribution in [1.29, 1.82) is 0 Å². The molecular weight excluding hydrogens is 247 g/mol. The van der Waals surface area contributed by atoms with Gasteiger partial charge >= 0.3 is 7.82 Å². The lowest BCUT2D eigenvalue weighted by molar-refractivity contribution is 0.298. The maximum absolute atomic E-state index is 10.6. The lowest BCUT2D eigenvalue weighted by Crippen LogP contribution is -2.09. The summed E-state index contributed by atoms with van der Waals surface area (Å²) in [6.45, 7) is 7.88. The standard InChI is InChI=1S/C10H17O4PS/c1-7(2)9-5-4-8(3)10(6-9)16-14-15(11,12)13/h9H,1,4-6H2,2-3H3,(H2,11,12,13)/t9-/m1/s1. The Kier molecular flexibility index (Phi) is 4.83. The van der Waals surface area contributed by atoms with Gasteiger partial charge in [-0.25, -0.2) is 8.54 Å². The summed E-state index contributed by atoms with van der Waals surface area (Å²) in [6, 6.07) is 0. The Balaban J connectivity index is 2.63. The predicted octanol–water partition coefficient (Wildman–Crippen LogP) is 3.39. The fourth-order valence-electron chi connectivity index (χ4n) is 1.65. The van der Waals surface area contributed by atoms with Crippen LogP contribution >= 0.6 is 19.9 Å². The molecule has 6 heteroatoms. The summed E-state index contributed by atoms with van der Waals surface area (Å²) in [7, 11) is -4.40. The molecule has 0 aromatic heterocycles. The lowest BCUT2D eigenvalue weighted by atomic mass is 9.86. The predicted molar refractivity (Wildman–Crippen MR) is 65.6 cm³/mol. The Morgan fingerprint density at radius 2 is 2.25 bits per heavy atom. The van der Waals surface area contributed by atoms with Crippen molar-refractivity contribution in [2.45, 2.75) is 33.1 Å². The second-order valence-corrected chi connectivity index (χ2v) is 6.37. The molecule has 2 N–H and O–H groups in total. The van der Waals surface area contributed by atoms with Gasteiger partial charge in [-0.2, -0.15) is 0 Å². The van der Waals surface area contributed by atoms with E-state index >= 15 is 0 Å². The first kappa shape index (κ1) is 14.0. The molecule has 0 amide bonds. The summed E-state index contributed by atoms with van der Waals surface area (Å²) in [5.41, 5.74) is 2.26. The van der Waals surface area contributed by atoms with Crippen LogP contribution in [0.2, 0.25) is 0 Å². The highest BCUT2D eigenvalue weighted by Gasteiger charge is 2.23. The maximum Gasteiger partial charge on any atom is 0.481 e. The molecule has 0 bridgehead atoms. The van der Waals surface area contributed by atoms with Gasteiger partial charge in [-0.05, 0) is 39.0 Å². The minimum Gasteiger partial charge on any atom is -0.302 e. The van der Waals surface area contributed by atoms with Gasteiger partial charge in [0.1, 0.15) is 0 Å². The van der Waals surface area contributed by atoms with E-state index in [9.17, 15) is 4.57 Å². The molecule has 4 nitrogen and oxygen atoms in total. The van der Waals surface area contributed by atoms with Gasteiger partial charge < -0.3 is 9.79 Å². The van der Waals surface area contributed by atoms with Gasteiger partial charge in [0, 0.05) is 16.9 Å². The van der Waals surface area contributed by atoms with Gasteiger partial charge in [-0.3, -0.25) is 0 Å². The molecule has 1 aliphatic rings. The first-order valence-corrected chi connectivity index (χ1v) is 7.32. The van der Waals surface area contributed by atoms with E-state index in [1.807, 2.05) is 13.8 Å². The van der Waals surface area contributed by atoms with Crippen molar-refractivity contribution >= 4 is 19.9 Å². The van der Waals surface area contributed by atoms with Crippen molar-refractivity contribution in [2.24, 2.45) is 5.92 Å². The summed E-state index contributed by atoms with van der Waals surface area (Å²) in [5.74, 6) is 0.395. The summed E-state index contributed by atoms with van der Waals surface area (Å²) in [5, 5.41) is 0. The van der Waals surface area contributed by atoms with Gasteiger partial charge in [-0.15, -0.1) is 0 Å². The molecule has 0 aromatic carbocycles. The average Bonchev–Trinajstić information content (AvgIpc) is 2.14. The molecule has 92 valence electrons. The highest BCUT2D eigenvalue weighted by atomic mass is 32.2. The largest absolute Gasteiger partial charge is 0.481 e. The monoisotopic (exact) mass is 264 g/mol. The first-order chi connectivity index (χ1) is 7.29. The number of allylic oxidation sites excluding steroid dienone is 3. The third-order valence-electron chi connectivity index (χ3n) is 2.71. The Bertz CT molecular complexity index is 358. The average molecular weight is 264 g/mol. The van der Waals surface area contributed by atoms with Crippen LogP contribution in [0.5, 0.6) is 0 Å². The van der Waals surface area contributed by atoms with E-state index < -0.39 is 7.82 Å². The van der Waals surface area contributed by atoms with Gasteiger partial charge in [0.05, 0.1) is 0 Å². The van der Waals surface area contributed by atoms with Crippen molar-refractivity contribution < 1.29 is 18.3 Å². The smallest absolute Gasteiger partial charge is 0.302 e. The van der Waals surface area contributed by atoms with E-state index in [1.165, 1.54) is 0 Å². The third-order valence-corrected chi connectivity index (χ3v) is 4.50. The number of phosphoric acid groups is 1. The molecular formula is C10H17O4PS. The molecule has 0 saturated carbocycles. The molecule has 0 heterocycles. The van der Waals surface area contributed by atoms with Gasteiger partial charge in [0.25, 0.3) is 0 Å². The van der Waals surface area contributed by atoms with Crippen LogP contribution in [0.1, 0.15) is 33.1 Å². The Labute approximate surface area is 100 Å². The van der Waals surface area contributed by atoms with Crippen LogP contribution in [0.3, 0.4) is 0 Å². The van der Waals surface area contributed by atoms with Gasteiger partial charge in [-0.1, -0.05) is 17.7 Å². The summed E-state index contributed by atoms with van der Waals surface area (Å²) >= 11 is 0.809. The molecule has 16 heavy (non-hydrogen) atoms.